The average Bonchev–Trinajstić information content (AvgIpc) is 2.79. The van der Waals surface area contributed by atoms with Crippen molar-refractivity contribution in [2.75, 3.05) is 0 Å². The lowest BCUT2D eigenvalue weighted by atomic mass is 10.0. The first kappa shape index (κ1) is 11.1. The summed E-state index contributed by atoms with van der Waals surface area (Å²) in [6, 6.07) is 3.64. The van der Waals surface area contributed by atoms with E-state index in [0.29, 0.717) is 22.6 Å². The lowest BCUT2D eigenvalue weighted by Crippen LogP contribution is -1.98. The Labute approximate surface area is 103 Å². The Morgan fingerprint density at radius 3 is 2.56 bits per heavy atom. The molecule has 0 aliphatic rings. The predicted molar refractivity (Wildman–Crippen MR) is 64.9 cm³/mol. The number of aliphatic hydroxyl groups excluding tert-OH is 2. The molecule has 0 amide bonds. The van der Waals surface area contributed by atoms with E-state index in [1.54, 1.807) is 10.7 Å². The van der Waals surface area contributed by atoms with Gasteiger partial charge in [0.05, 0.1) is 19.4 Å². The second-order valence-electron chi connectivity index (χ2n) is 4.15. The summed E-state index contributed by atoms with van der Waals surface area (Å²) in [5.41, 5.74) is 2.05. The van der Waals surface area contributed by atoms with E-state index in [1.807, 2.05) is 19.1 Å². The highest BCUT2D eigenvalue weighted by Crippen LogP contribution is 2.23. The van der Waals surface area contributed by atoms with Gasteiger partial charge < -0.3 is 10.2 Å². The molecule has 0 aliphatic carbocycles. The van der Waals surface area contributed by atoms with Crippen LogP contribution in [-0.4, -0.2) is 30.0 Å². The minimum Gasteiger partial charge on any atom is -0.392 e. The second kappa shape index (κ2) is 4.01. The molecule has 0 bridgehead atoms. The van der Waals surface area contributed by atoms with E-state index in [-0.39, 0.29) is 13.2 Å². The monoisotopic (exact) mass is 244 g/mol. The van der Waals surface area contributed by atoms with Crippen LogP contribution in [0.4, 0.5) is 0 Å². The van der Waals surface area contributed by atoms with Crippen molar-refractivity contribution in [3.63, 3.8) is 0 Å². The zero-order valence-corrected chi connectivity index (χ0v) is 9.83. The van der Waals surface area contributed by atoms with E-state index in [9.17, 15) is 10.2 Å². The molecular formula is C12H12N4O2. The molecular weight excluding hydrogens is 232 g/mol. The van der Waals surface area contributed by atoms with Gasteiger partial charge >= 0.3 is 0 Å². The molecule has 0 spiro atoms. The van der Waals surface area contributed by atoms with Gasteiger partial charge in [0, 0.05) is 10.8 Å². The summed E-state index contributed by atoms with van der Waals surface area (Å²) in [7, 11) is 0. The average molecular weight is 244 g/mol. The highest BCUT2D eigenvalue weighted by atomic mass is 16.3. The molecule has 0 radical (unpaired) electrons. The van der Waals surface area contributed by atoms with E-state index in [1.165, 1.54) is 0 Å². The first-order valence-electron chi connectivity index (χ1n) is 5.59. The van der Waals surface area contributed by atoms with Gasteiger partial charge in [0.2, 0.25) is 0 Å². The molecule has 0 unspecified atom stereocenters. The Morgan fingerprint density at radius 2 is 1.83 bits per heavy atom. The van der Waals surface area contributed by atoms with Crippen LogP contribution in [0, 0.1) is 6.92 Å². The maximum Gasteiger partial charge on any atom is 0.185 e. The quantitative estimate of drug-likeness (QED) is 0.688. The highest BCUT2D eigenvalue weighted by Gasteiger charge is 2.10. The first-order valence-corrected chi connectivity index (χ1v) is 5.59. The van der Waals surface area contributed by atoms with Crippen molar-refractivity contribution in [2.45, 2.75) is 20.1 Å². The summed E-state index contributed by atoms with van der Waals surface area (Å²) < 4.78 is 1.65. The molecule has 0 aliphatic heterocycles. The first-order chi connectivity index (χ1) is 8.74. The van der Waals surface area contributed by atoms with Crippen LogP contribution in [0.15, 0.2) is 18.3 Å². The molecule has 0 atom stereocenters. The van der Waals surface area contributed by atoms with Crippen LogP contribution in [0.1, 0.15) is 17.0 Å². The summed E-state index contributed by atoms with van der Waals surface area (Å²) in [5, 5.41) is 32.6. The Balaban J connectivity index is 2.43. The van der Waals surface area contributed by atoms with Gasteiger partial charge in [-0.1, -0.05) is 0 Å². The summed E-state index contributed by atoms with van der Waals surface area (Å²) >= 11 is 0. The highest BCUT2D eigenvalue weighted by molar-refractivity contribution is 5.94. The number of hydrogen-bond donors (Lipinski definition) is 2. The summed E-state index contributed by atoms with van der Waals surface area (Å²) in [6.45, 7) is 1.60. The number of nitrogens with zero attached hydrogens (tertiary/aromatic N) is 4. The van der Waals surface area contributed by atoms with Crippen LogP contribution >= 0.6 is 0 Å². The summed E-state index contributed by atoms with van der Waals surface area (Å²) in [6.07, 6.45) is 1.71. The third kappa shape index (κ3) is 1.47. The standard InChI is InChI=1S/C12H12N4O2/c1-7-14-15-12-11-3-10(6-18)9(5-17)2-8(11)4-13-16(7)12/h2-4,17-18H,5-6H2,1H3. The maximum atomic E-state index is 9.32. The molecule has 2 heterocycles. The number of aryl methyl sites for hydroxylation is 1. The summed E-state index contributed by atoms with van der Waals surface area (Å²) in [5.74, 6) is 0.712. The normalized spacial score (nSPS) is 11.5. The van der Waals surface area contributed by atoms with E-state index in [0.717, 1.165) is 10.8 Å². The van der Waals surface area contributed by atoms with Crippen molar-refractivity contribution in [1.29, 1.82) is 0 Å². The molecule has 1 aromatic carbocycles. The molecule has 0 saturated heterocycles. The van der Waals surface area contributed by atoms with Crippen LogP contribution < -0.4 is 0 Å². The van der Waals surface area contributed by atoms with Crippen LogP contribution in [0.5, 0.6) is 0 Å². The van der Waals surface area contributed by atoms with Gasteiger partial charge in [-0.25, -0.2) is 0 Å². The van der Waals surface area contributed by atoms with Crippen LogP contribution in [0.25, 0.3) is 16.4 Å². The Hall–Kier alpha value is -2.05. The van der Waals surface area contributed by atoms with Crippen molar-refractivity contribution in [2.24, 2.45) is 0 Å². The summed E-state index contributed by atoms with van der Waals surface area (Å²) in [4.78, 5) is 0. The molecule has 3 aromatic rings. The number of aliphatic hydroxyl groups is 2. The zero-order valence-electron chi connectivity index (χ0n) is 9.83. The lowest BCUT2D eigenvalue weighted by molar-refractivity contribution is 0.260. The van der Waals surface area contributed by atoms with Gasteiger partial charge in [-0.05, 0) is 30.2 Å². The molecule has 6 heteroatoms. The SMILES string of the molecule is Cc1nnc2c3cc(CO)c(CO)cc3cnn12. The van der Waals surface area contributed by atoms with Crippen molar-refractivity contribution in [1.82, 2.24) is 19.8 Å². The van der Waals surface area contributed by atoms with E-state index in [2.05, 4.69) is 15.3 Å². The largest absolute Gasteiger partial charge is 0.392 e. The van der Waals surface area contributed by atoms with Crippen molar-refractivity contribution >= 4 is 16.4 Å². The zero-order chi connectivity index (χ0) is 12.7. The number of benzene rings is 1. The van der Waals surface area contributed by atoms with Gasteiger partial charge in [-0.15, -0.1) is 10.2 Å². The maximum absolute atomic E-state index is 9.32. The van der Waals surface area contributed by atoms with Crippen LogP contribution in [0.3, 0.4) is 0 Å². The topological polar surface area (TPSA) is 83.5 Å². The van der Waals surface area contributed by atoms with Gasteiger partial charge in [-0.2, -0.15) is 9.61 Å². The third-order valence-corrected chi connectivity index (χ3v) is 3.06. The molecule has 18 heavy (non-hydrogen) atoms. The Morgan fingerprint density at radius 1 is 1.11 bits per heavy atom. The predicted octanol–water partition coefficient (Wildman–Crippen LogP) is 0.571. The third-order valence-electron chi connectivity index (χ3n) is 3.06. The molecule has 3 rings (SSSR count). The van der Waals surface area contributed by atoms with Crippen LogP contribution in [-0.2, 0) is 13.2 Å². The minimum absolute atomic E-state index is 0.108. The van der Waals surface area contributed by atoms with Crippen molar-refractivity contribution in [3.05, 3.63) is 35.3 Å². The fraction of sp³-hybridized carbons (Fsp3) is 0.250. The van der Waals surface area contributed by atoms with E-state index < -0.39 is 0 Å². The number of hydrogen-bond acceptors (Lipinski definition) is 5. The van der Waals surface area contributed by atoms with Crippen LogP contribution in [0.2, 0.25) is 0 Å². The number of aromatic nitrogens is 4. The molecule has 6 nitrogen and oxygen atoms in total. The molecule has 2 N–H and O–H groups in total. The van der Waals surface area contributed by atoms with Gasteiger partial charge in [0.15, 0.2) is 11.5 Å². The molecule has 0 saturated carbocycles. The fourth-order valence-corrected chi connectivity index (χ4v) is 2.09. The Bertz CT molecular complexity index is 736. The lowest BCUT2D eigenvalue weighted by Gasteiger charge is -2.07. The van der Waals surface area contributed by atoms with Gasteiger partial charge in [0.1, 0.15) is 0 Å². The second-order valence-corrected chi connectivity index (χ2v) is 4.15. The fourth-order valence-electron chi connectivity index (χ4n) is 2.09. The van der Waals surface area contributed by atoms with E-state index in [4.69, 9.17) is 0 Å². The Kier molecular flexibility index (Phi) is 2.46. The molecule has 0 fully saturated rings. The minimum atomic E-state index is -0.118. The smallest absolute Gasteiger partial charge is 0.185 e. The van der Waals surface area contributed by atoms with Crippen molar-refractivity contribution < 1.29 is 10.2 Å². The number of rotatable bonds is 2. The molecule has 92 valence electrons. The van der Waals surface area contributed by atoms with Gasteiger partial charge in [-0.3, -0.25) is 0 Å². The molecule has 2 aromatic heterocycles. The van der Waals surface area contributed by atoms with Gasteiger partial charge in [0.25, 0.3) is 0 Å². The van der Waals surface area contributed by atoms with E-state index >= 15 is 0 Å². The number of fused-ring (bicyclic) bond motifs is 3. The van der Waals surface area contributed by atoms with Crippen molar-refractivity contribution in [3.8, 4) is 0 Å².